The Labute approximate surface area is 92.8 Å². The first kappa shape index (κ1) is 13.8. The van der Waals surface area contributed by atoms with Crippen LogP contribution >= 0.6 is 0 Å². The van der Waals surface area contributed by atoms with Gasteiger partial charge < -0.3 is 0 Å². The van der Waals surface area contributed by atoms with E-state index in [0.29, 0.717) is 6.04 Å². The molecule has 0 saturated carbocycles. The number of amidine groups is 1. The Balaban J connectivity index is 4.60. The highest BCUT2D eigenvalue weighted by Gasteiger charge is 2.13. The molecule has 0 spiro atoms. The van der Waals surface area contributed by atoms with Crippen LogP contribution in [0.3, 0.4) is 0 Å². The van der Waals surface area contributed by atoms with Crippen LogP contribution in [0, 0.1) is 0 Å². The van der Waals surface area contributed by atoms with Gasteiger partial charge in [-0.15, -0.1) is 6.58 Å². The van der Waals surface area contributed by atoms with Gasteiger partial charge in [-0.2, -0.15) is 0 Å². The number of aliphatic imine (C=N–C) groups is 2. The third-order valence-electron chi connectivity index (χ3n) is 2.05. The molecule has 0 aliphatic carbocycles. The molecule has 0 unspecified atom stereocenters. The molecule has 1 atom stereocenters. The third-order valence-corrected chi connectivity index (χ3v) is 2.05. The van der Waals surface area contributed by atoms with Gasteiger partial charge in [-0.3, -0.25) is 15.0 Å². The van der Waals surface area contributed by atoms with Crippen molar-refractivity contribution in [1.82, 2.24) is 10.4 Å². The van der Waals surface area contributed by atoms with Gasteiger partial charge in [0.15, 0.2) is 5.84 Å². The Morgan fingerprint density at radius 1 is 1.60 bits per heavy atom. The van der Waals surface area contributed by atoms with Gasteiger partial charge in [0.25, 0.3) is 0 Å². The van der Waals surface area contributed by atoms with Crippen molar-refractivity contribution in [2.24, 2.45) is 9.98 Å². The molecule has 0 radical (unpaired) electrons. The summed E-state index contributed by atoms with van der Waals surface area (Å²) in [5, 5.41) is 1.99. The van der Waals surface area contributed by atoms with E-state index < -0.39 is 0 Å². The van der Waals surface area contributed by atoms with Gasteiger partial charge >= 0.3 is 0 Å². The summed E-state index contributed by atoms with van der Waals surface area (Å²) in [5.41, 5.74) is 3.11. The molecule has 0 fully saturated rings. The average molecular weight is 210 g/mol. The van der Waals surface area contributed by atoms with Crippen LogP contribution in [0.25, 0.3) is 0 Å². The molecule has 0 aromatic carbocycles. The van der Waals surface area contributed by atoms with Crippen LogP contribution < -0.4 is 5.43 Å². The van der Waals surface area contributed by atoms with Gasteiger partial charge in [0.2, 0.25) is 0 Å². The quantitative estimate of drug-likeness (QED) is 0.312. The first-order chi connectivity index (χ1) is 7.21. The average Bonchev–Trinajstić information content (AvgIpc) is 2.24. The first-order valence-corrected chi connectivity index (χ1v) is 5.25. The fourth-order valence-corrected chi connectivity index (χ4v) is 1.31. The Hall–Kier alpha value is -1.16. The smallest absolute Gasteiger partial charge is 0.156 e. The fraction of sp³-hybridized carbons (Fsp3) is 0.636. The van der Waals surface area contributed by atoms with E-state index in [-0.39, 0.29) is 0 Å². The van der Waals surface area contributed by atoms with Crippen molar-refractivity contribution in [1.29, 1.82) is 0 Å². The highest BCUT2D eigenvalue weighted by Crippen LogP contribution is 2.01. The van der Waals surface area contributed by atoms with Crippen LogP contribution in [-0.2, 0) is 0 Å². The first-order valence-electron chi connectivity index (χ1n) is 5.25. The molecule has 4 heteroatoms. The summed E-state index contributed by atoms with van der Waals surface area (Å²) in [6, 6.07) is 0.314. The van der Waals surface area contributed by atoms with Gasteiger partial charge in [0, 0.05) is 26.7 Å². The largest absolute Gasteiger partial charge is 0.290 e. The minimum absolute atomic E-state index is 0.314. The Morgan fingerprint density at radius 3 is 2.67 bits per heavy atom. The lowest BCUT2D eigenvalue weighted by Crippen LogP contribution is -2.47. The second kappa shape index (κ2) is 8.17. The number of hydrogen-bond acceptors (Lipinski definition) is 3. The van der Waals surface area contributed by atoms with Crippen molar-refractivity contribution < 1.29 is 0 Å². The molecule has 0 saturated heterocycles. The van der Waals surface area contributed by atoms with E-state index in [9.17, 15) is 0 Å². The number of rotatable bonds is 6. The predicted octanol–water partition coefficient (Wildman–Crippen LogP) is 1.51. The van der Waals surface area contributed by atoms with Gasteiger partial charge in [-0.05, 0) is 20.3 Å². The van der Waals surface area contributed by atoms with E-state index in [1.165, 1.54) is 0 Å². The van der Waals surface area contributed by atoms with Crippen molar-refractivity contribution in [3.05, 3.63) is 12.7 Å². The second-order valence-electron chi connectivity index (χ2n) is 3.18. The standard InChI is InChI=1S/C11H22N4/c1-6-8-10(3)15(13-5)11(12-4)9-14-7-2/h6,9-10,13H,1,7-8H2,2-5H3/b12-11+,14-9+/t10-/m0/s1. The zero-order valence-corrected chi connectivity index (χ0v) is 10.2. The number of hydrogen-bond donors (Lipinski definition) is 1. The molecule has 0 rings (SSSR count). The molecule has 0 aromatic rings. The van der Waals surface area contributed by atoms with Crippen molar-refractivity contribution in [3.8, 4) is 0 Å². The lowest BCUT2D eigenvalue weighted by Gasteiger charge is -2.28. The van der Waals surface area contributed by atoms with Crippen LogP contribution in [0.4, 0.5) is 0 Å². The molecule has 1 N–H and O–H groups in total. The van der Waals surface area contributed by atoms with Crippen LogP contribution in [0.15, 0.2) is 22.6 Å². The summed E-state index contributed by atoms with van der Waals surface area (Å²) >= 11 is 0. The van der Waals surface area contributed by atoms with Gasteiger partial charge in [0.1, 0.15) is 0 Å². The maximum absolute atomic E-state index is 4.20. The zero-order chi connectivity index (χ0) is 11.7. The molecular weight excluding hydrogens is 188 g/mol. The van der Waals surface area contributed by atoms with Crippen LogP contribution in [-0.4, -0.2) is 43.7 Å². The van der Waals surface area contributed by atoms with E-state index in [0.717, 1.165) is 18.8 Å². The summed E-state index contributed by atoms with van der Waals surface area (Å²) in [6.07, 6.45) is 4.59. The highest BCUT2D eigenvalue weighted by molar-refractivity contribution is 6.29. The number of nitrogens with one attached hydrogen (secondary N) is 1. The van der Waals surface area contributed by atoms with Crippen LogP contribution in [0.1, 0.15) is 20.3 Å². The second-order valence-corrected chi connectivity index (χ2v) is 3.18. The van der Waals surface area contributed by atoms with Gasteiger partial charge in [-0.25, -0.2) is 5.43 Å². The Bertz CT molecular complexity index is 233. The minimum Gasteiger partial charge on any atom is -0.290 e. The van der Waals surface area contributed by atoms with E-state index in [1.54, 1.807) is 13.3 Å². The molecule has 0 aliphatic rings. The highest BCUT2D eigenvalue weighted by atomic mass is 15.5. The van der Waals surface area contributed by atoms with Crippen molar-refractivity contribution in [3.63, 3.8) is 0 Å². The number of nitrogens with zero attached hydrogens (tertiary/aromatic N) is 3. The molecule has 4 nitrogen and oxygen atoms in total. The SMILES string of the molecule is C=CC[C@H](C)N(NC)C(/C=N/CC)=N/C. The number of hydrazine groups is 1. The summed E-state index contributed by atoms with van der Waals surface area (Å²) in [7, 11) is 3.65. The van der Waals surface area contributed by atoms with E-state index in [4.69, 9.17) is 0 Å². The summed E-state index contributed by atoms with van der Waals surface area (Å²) in [5.74, 6) is 0.841. The predicted molar refractivity (Wildman–Crippen MR) is 67.6 cm³/mol. The Kier molecular flexibility index (Phi) is 7.54. The lowest BCUT2D eigenvalue weighted by atomic mass is 10.2. The maximum Gasteiger partial charge on any atom is 0.156 e. The molecular formula is C11H22N4. The van der Waals surface area contributed by atoms with E-state index in [1.807, 2.05) is 25.1 Å². The topological polar surface area (TPSA) is 40.0 Å². The van der Waals surface area contributed by atoms with Crippen molar-refractivity contribution in [2.45, 2.75) is 26.3 Å². The molecule has 0 bridgehead atoms. The van der Waals surface area contributed by atoms with Crippen LogP contribution in [0.5, 0.6) is 0 Å². The lowest BCUT2D eigenvalue weighted by molar-refractivity contribution is 0.269. The summed E-state index contributed by atoms with van der Waals surface area (Å²) in [4.78, 5) is 8.39. The normalized spacial score (nSPS) is 14.3. The maximum atomic E-state index is 4.20. The molecule has 0 aromatic heterocycles. The fourth-order valence-electron chi connectivity index (χ4n) is 1.31. The third kappa shape index (κ3) is 4.74. The summed E-state index contributed by atoms with van der Waals surface area (Å²) in [6.45, 7) is 8.62. The summed E-state index contributed by atoms with van der Waals surface area (Å²) < 4.78 is 0. The van der Waals surface area contributed by atoms with E-state index >= 15 is 0 Å². The van der Waals surface area contributed by atoms with Crippen LogP contribution in [0.2, 0.25) is 0 Å². The molecule has 0 amide bonds. The minimum atomic E-state index is 0.314. The molecule has 0 aliphatic heterocycles. The van der Waals surface area contributed by atoms with Crippen molar-refractivity contribution >= 4 is 12.1 Å². The van der Waals surface area contributed by atoms with Gasteiger partial charge in [0.05, 0.1) is 6.21 Å². The molecule has 15 heavy (non-hydrogen) atoms. The van der Waals surface area contributed by atoms with Gasteiger partial charge in [-0.1, -0.05) is 6.08 Å². The Morgan fingerprint density at radius 2 is 2.27 bits per heavy atom. The molecule has 86 valence electrons. The monoisotopic (exact) mass is 210 g/mol. The molecule has 0 heterocycles. The zero-order valence-electron chi connectivity index (χ0n) is 10.2. The van der Waals surface area contributed by atoms with E-state index in [2.05, 4.69) is 28.9 Å². The van der Waals surface area contributed by atoms with Crippen molar-refractivity contribution in [2.75, 3.05) is 20.6 Å².